The van der Waals surface area contributed by atoms with Crippen molar-refractivity contribution in [3.63, 3.8) is 0 Å². The molecule has 4 N–H and O–H groups in total. The Morgan fingerprint density at radius 2 is 1.45 bits per heavy atom. The van der Waals surface area contributed by atoms with E-state index in [1.807, 2.05) is 48.5 Å². The Morgan fingerprint density at radius 1 is 0.931 bits per heavy atom. The second kappa shape index (κ2) is 9.17. The Kier molecular flexibility index (Phi) is 6.85. The van der Waals surface area contributed by atoms with Gasteiger partial charge in [0.2, 0.25) is 0 Å². The lowest BCUT2D eigenvalue weighted by atomic mass is 9.68. The normalized spacial score (nSPS) is 32.1. The Hall–Kier alpha value is -2.06. The molecule has 1 aliphatic rings. The van der Waals surface area contributed by atoms with Crippen LogP contribution in [0, 0.1) is 0 Å². The molecule has 1 aliphatic heterocycles. The van der Waals surface area contributed by atoms with E-state index in [-0.39, 0.29) is 19.4 Å². The Morgan fingerprint density at radius 3 is 1.93 bits per heavy atom. The van der Waals surface area contributed by atoms with Crippen LogP contribution in [0.2, 0.25) is 0 Å². The summed E-state index contributed by atoms with van der Waals surface area (Å²) < 4.78 is 11.4. The fourth-order valence-electron chi connectivity index (χ4n) is 3.90. The van der Waals surface area contributed by atoms with Crippen molar-refractivity contribution in [1.82, 2.24) is 0 Å². The highest BCUT2D eigenvalue weighted by atomic mass is 16.7. The van der Waals surface area contributed by atoms with Gasteiger partial charge in [-0.1, -0.05) is 66.7 Å². The minimum absolute atomic E-state index is 0.0197. The van der Waals surface area contributed by atoms with Crippen molar-refractivity contribution in [3.8, 4) is 0 Å². The molecule has 3 rings (SSSR count). The average Bonchev–Trinajstić information content (AvgIpc) is 2.74. The third-order valence-electron chi connectivity index (χ3n) is 5.46. The van der Waals surface area contributed by atoms with Gasteiger partial charge in [-0.15, -0.1) is 6.58 Å². The zero-order chi connectivity index (χ0) is 20.9. The maximum absolute atomic E-state index is 11.8. The molecule has 0 aliphatic carbocycles. The number of aliphatic hydroxyl groups is 4. The zero-order valence-corrected chi connectivity index (χ0v) is 16.2. The van der Waals surface area contributed by atoms with E-state index in [9.17, 15) is 20.4 Å². The van der Waals surface area contributed by atoms with Crippen LogP contribution in [-0.4, -0.2) is 63.3 Å². The molecule has 0 aromatic heterocycles. The smallest absolute Gasteiger partial charge is 0.190 e. The van der Waals surface area contributed by atoms with Crippen molar-refractivity contribution in [2.75, 3.05) is 13.2 Å². The first-order valence-corrected chi connectivity index (χ1v) is 9.64. The van der Waals surface area contributed by atoms with Crippen molar-refractivity contribution in [2.24, 2.45) is 0 Å². The summed E-state index contributed by atoms with van der Waals surface area (Å²) in [5.41, 5.74) is -2.56. The van der Waals surface area contributed by atoms with E-state index in [2.05, 4.69) is 6.58 Å². The summed E-state index contributed by atoms with van der Waals surface area (Å²) in [5, 5.41) is 44.2. The third kappa shape index (κ3) is 4.28. The molecule has 29 heavy (non-hydrogen) atoms. The predicted octanol–water partition coefficient (Wildman–Crippen LogP) is 1.21. The van der Waals surface area contributed by atoms with Crippen LogP contribution in [0.3, 0.4) is 0 Å². The second-order valence-corrected chi connectivity index (χ2v) is 7.43. The van der Waals surface area contributed by atoms with Crippen LogP contribution >= 0.6 is 0 Å². The molecule has 0 radical (unpaired) electrons. The monoisotopic (exact) mass is 400 g/mol. The molecule has 1 heterocycles. The van der Waals surface area contributed by atoms with Crippen molar-refractivity contribution in [2.45, 2.75) is 42.5 Å². The maximum Gasteiger partial charge on any atom is 0.190 e. The van der Waals surface area contributed by atoms with E-state index in [1.165, 1.54) is 6.08 Å². The first-order chi connectivity index (χ1) is 13.9. The number of rotatable bonds is 8. The summed E-state index contributed by atoms with van der Waals surface area (Å²) in [6, 6.07) is 18.2. The molecular weight excluding hydrogens is 372 g/mol. The number of hydrogen-bond acceptors (Lipinski definition) is 6. The van der Waals surface area contributed by atoms with E-state index in [0.717, 1.165) is 11.1 Å². The molecule has 156 valence electrons. The second-order valence-electron chi connectivity index (χ2n) is 7.43. The first-order valence-electron chi connectivity index (χ1n) is 9.64. The van der Waals surface area contributed by atoms with E-state index in [1.54, 1.807) is 12.1 Å². The standard InChI is InChI=1S/C23H28O6/c1-2-13-28-21-23(27,15-18-11-7-4-8-12-18)22(26,20(25)19(16-24)29-21)14-17-9-5-3-6-10-17/h2-12,19-21,24-27H,1,13-16H2/t19-,20-,21+,22+,23+/m1/s1. The molecule has 2 aromatic rings. The lowest BCUT2D eigenvalue weighted by Gasteiger charge is -2.55. The van der Waals surface area contributed by atoms with Gasteiger partial charge in [-0.25, -0.2) is 0 Å². The van der Waals surface area contributed by atoms with Crippen LogP contribution in [-0.2, 0) is 22.3 Å². The minimum Gasteiger partial charge on any atom is -0.394 e. The number of aliphatic hydroxyl groups excluding tert-OH is 2. The fourth-order valence-corrected chi connectivity index (χ4v) is 3.90. The maximum atomic E-state index is 11.8. The van der Waals surface area contributed by atoms with Crippen molar-refractivity contribution < 1.29 is 29.9 Å². The average molecular weight is 400 g/mol. The molecule has 0 bridgehead atoms. The molecule has 6 heteroatoms. The highest BCUT2D eigenvalue weighted by Gasteiger charge is 2.64. The molecule has 0 unspecified atom stereocenters. The van der Waals surface area contributed by atoms with Crippen molar-refractivity contribution >= 4 is 0 Å². The lowest BCUT2D eigenvalue weighted by molar-refractivity contribution is -0.372. The van der Waals surface area contributed by atoms with E-state index in [0.29, 0.717) is 0 Å². The van der Waals surface area contributed by atoms with E-state index >= 15 is 0 Å². The van der Waals surface area contributed by atoms with Crippen LogP contribution in [0.4, 0.5) is 0 Å². The minimum atomic E-state index is -2.04. The van der Waals surface area contributed by atoms with Crippen LogP contribution in [0.15, 0.2) is 73.3 Å². The Labute approximate surface area is 170 Å². The van der Waals surface area contributed by atoms with Gasteiger partial charge in [0, 0.05) is 12.8 Å². The van der Waals surface area contributed by atoms with Crippen LogP contribution < -0.4 is 0 Å². The van der Waals surface area contributed by atoms with Gasteiger partial charge >= 0.3 is 0 Å². The molecule has 2 aromatic carbocycles. The third-order valence-corrected chi connectivity index (χ3v) is 5.46. The topological polar surface area (TPSA) is 99.4 Å². The van der Waals surface area contributed by atoms with E-state index < -0.39 is 36.3 Å². The number of benzene rings is 2. The van der Waals surface area contributed by atoms with Gasteiger partial charge in [-0.05, 0) is 11.1 Å². The molecule has 6 nitrogen and oxygen atoms in total. The Bertz CT molecular complexity index is 782. The van der Waals surface area contributed by atoms with Gasteiger partial charge in [0.25, 0.3) is 0 Å². The van der Waals surface area contributed by atoms with E-state index in [4.69, 9.17) is 9.47 Å². The zero-order valence-electron chi connectivity index (χ0n) is 16.2. The summed E-state index contributed by atoms with van der Waals surface area (Å²) >= 11 is 0. The van der Waals surface area contributed by atoms with Gasteiger partial charge in [0.05, 0.1) is 13.2 Å². The van der Waals surface area contributed by atoms with Crippen LogP contribution in [0.1, 0.15) is 11.1 Å². The molecule has 1 saturated heterocycles. The molecule has 1 fully saturated rings. The number of ether oxygens (including phenoxy) is 2. The predicted molar refractivity (Wildman–Crippen MR) is 108 cm³/mol. The SMILES string of the molecule is C=CCO[C@H]1O[C@H](CO)[C@@H](O)[C@@](O)(Cc2ccccc2)[C@]1(O)Cc1ccccc1. The number of hydrogen-bond donors (Lipinski definition) is 4. The van der Waals surface area contributed by atoms with Gasteiger partial charge < -0.3 is 29.9 Å². The summed E-state index contributed by atoms with van der Waals surface area (Å²) in [7, 11) is 0. The van der Waals surface area contributed by atoms with Crippen molar-refractivity contribution in [1.29, 1.82) is 0 Å². The van der Waals surface area contributed by atoms with Gasteiger partial charge in [-0.2, -0.15) is 0 Å². The van der Waals surface area contributed by atoms with Gasteiger partial charge in [0.15, 0.2) is 11.9 Å². The Balaban J connectivity index is 2.06. The summed E-state index contributed by atoms with van der Waals surface area (Å²) in [6.45, 7) is 3.14. The molecule has 5 atom stereocenters. The van der Waals surface area contributed by atoms with Crippen LogP contribution in [0.25, 0.3) is 0 Å². The van der Waals surface area contributed by atoms with Gasteiger partial charge in [0.1, 0.15) is 17.8 Å². The van der Waals surface area contributed by atoms with Gasteiger partial charge in [-0.3, -0.25) is 0 Å². The van der Waals surface area contributed by atoms with Crippen molar-refractivity contribution in [3.05, 3.63) is 84.4 Å². The largest absolute Gasteiger partial charge is 0.394 e. The highest BCUT2D eigenvalue weighted by Crippen LogP contribution is 2.43. The lowest BCUT2D eigenvalue weighted by Crippen LogP contribution is -2.76. The molecular formula is C23H28O6. The van der Waals surface area contributed by atoms with Crippen LogP contribution in [0.5, 0.6) is 0 Å². The summed E-state index contributed by atoms with van der Waals surface area (Å²) in [6.07, 6.45) is -2.50. The molecule has 0 spiro atoms. The summed E-state index contributed by atoms with van der Waals surface area (Å²) in [5.74, 6) is 0. The fraction of sp³-hybridized carbons (Fsp3) is 0.391. The summed E-state index contributed by atoms with van der Waals surface area (Å²) in [4.78, 5) is 0. The quantitative estimate of drug-likeness (QED) is 0.497. The molecule has 0 amide bonds. The highest BCUT2D eigenvalue weighted by molar-refractivity contribution is 5.26. The first kappa shape index (κ1) is 21.6. The molecule has 0 saturated carbocycles.